The topological polar surface area (TPSA) is 24.5 Å². The van der Waals surface area contributed by atoms with Crippen LogP contribution in [-0.2, 0) is 4.74 Å². The van der Waals surface area contributed by atoms with E-state index in [4.69, 9.17) is 11.2 Å². The molecule has 2 rings (SSSR count). The van der Waals surface area contributed by atoms with Gasteiger partial charge in [-0.25, -0.2) is 0 Å². The Morgan fingerprint density at radius 1 is 1.62 bits per heavy atom. The molecular weight excluding hydrogens is 200 g/mol. The molecule has 2 aliphatic heterocycles. The Hall–Kier alpha value is -0.980. The van der Waals surface area contributed by atoms with Gasteiger partial charge in [0, 0.05) is 18.8 Å². The van der Waals surface area contributed by atoms with Crippen molar-refractivity contribution in [3.8, 4) is 12.3 Å². The van der Waals surface area contributed by atoms with Crippen molar-refractivity contribution in [2.75, 3.05) is 20.3 Å². The van der Waals surface area contributed by atoms with E-state index >= 15 is 0 Å². The molecule has 0 aliphatic carbocycles. The Balaban J connectivity index is 2.05. The minimum atomic E-state index is -0.236. The molecule has 2 atom stereocenters. The lowest BCUT2D eigenvalue weighted by atomic mass is 9.87. The van der Waals surface area contributed by atoms with Crippen LogP contribution in [0.15, 0.2) is 11.3 Å². The predicted octanol–water partition coefficient (Wildman–Crippen LogP) is 0.975. The van der Waals surface area contributed by atoms with Crippen LogP contribution in [-0.4, -0.2) is 42.8 Å². The Kier molecular flexibility index (Phi) is 2.73. The molecule has 0 radical (unpaired) electrons. The van der Waals surface area contributed by atoms with Gasteiger partial charge >= 0.3 is 0 Å². The summed E-state index contributed by atoms with van der Waals surface area (Å²) in [5, 5.41) is 3.52. The third-order valence-corrected chi connectivity index (χ3v) is 3.91. The summed E-state index contributed by atoms with van der Waals surface area (Å²) in [7, 11) is 2.12. The highest BCUT2D eigenvalue weighted by molar-refractivity contribution is 5.33. The zero-order valence-electron chi connectivity index (χ0n) is 10.5. The van der Waals surface area contributed by atoms with Crippen molar-refractivity contribution < 1.29 is 4.74 Å². The first kappa shape index (κ1) is 11.5. The fourth-order valence-electron chi connectivity index (χ4n) is 2.62. The Labute approximate surface area is 97.8 Å². The highest BCUT2D eigenvalue weighted by atomic mass is 16.5. The second-order valence-corrected chi connectivity index (χ2v) is 4.91. The maximum Gasteiger partial charge on any atom is 0.127 e. The minimum Gasteiger partial charge on any atom is -0.375 e. The summed E-state index contributed by atoms with van der Waals surface area (Å²) >= 11 is 0. The summed E-state index contributed by atoms with van der Waals surface area (Å²) in [5.41, 5.74) is 2.59. The summed E-state index contributed by atoms with van der Waals surface area (Å²) in [4.78, 5) is 2.29. The fourth-order valence-corrected chi connectivity index (χ4v) is 2.62. The lowest BCUT2D eigenvalue weighted by Gasteiger charge is -2.47. The first-order valence-corrected chi connectivity index (χ1v) is 5.77. The molecule has 1 N–H and O–H groups in total. The van der Waals surface area contributed by atoms with Crippen LogP contribution in [0.5, 0.6) is 0 Å². The summed E-state index contributed by atoms with van der Waals surface area (Å²) in [6.07, 6.45) is 5.55. The van der Waals surface area contributed by atoms with Crippen LogP contribution < -0.4 is 5.32 Å². The summed E-state index contributed by atoms with van der Waals surface area (Å²) < 4.78 is 5.20. The van der Waals surface area contributed by atoms with Gasteiger partial charge in [-0.05, 0) is 26.3 Å². The lowest BCUT2D eigenvalue weighted by Crippen LogP contribution is -2.63. The van der Waals surface area contributed by atoms with Gasteiger partial charge in [-0.1, -0.05) is 5.92 Å². The fraction of sp³-hybridized carbons (Fsp3) is 0.692. The highest BCUT2D eigenvalue weighted by Gasteiger charge is 2.41. The van der Waals surface area contributed by atoms with Crippen LogP contribution in [0, 0.1) is 12.3 Å². The van der Waals surface area contributed by atoms with E-state index in [-0.39, 0.29) is 5.54 Å². The van der Waals surface area contributed by atoms with Crippen LogP contribution in [0.25, 0.3) is 0 Å². The molecule has 0 aromatic rings. The minimum absolute atomic E-state index is 0.236. The number of rotatable bonds is 3. The molecule has 2 aliphatic rings. The van der Waals surface area contributed by atoms with E-state index in [1.807, 2.05) is 0 Å². The number of hydrogen-bond donors (Lipinski definition) is 1. The summed E-state index contributed by atoms with van der Waals surface area (Å²) in [6, 6.07) is 0.837. The number of nitrogens with zero attached hydrogens (tertiary/aromatic N) is 1. The molecule has 1 unspecified atom stereocenters. The zero-order valence-corrected chi connectivity index (χ0v) is 10.5. The molecule has 0 aromatic carbocycles. The first-order chi connectivity index (χ1) is 7.51. The number of nitrogens with one attached hydrogen (secondary N) is 1. The van der Waals surface area contributed by atoms with E-state index < -0.39 is 0 Å². The molecule has 3 nitrogen and oxygen atoms in total. The third-order valence-electron chi connectivity index (χ3n) is 3.91. The van der Waals surface area contributed by atoms with Crippen LogP contribution in [0.2, 0.25) is 0 Å². The van der Waals surface area contributed by atoms with Crippen molar-refractivity contribution in [3.63, 3.8) is 0 Å². The number of likely N-dealkylation sites (N-methyl/N-ethyl adjacent to an activating group) is 1. The quantitative estimate of drug-likeness (QED) is 0.717. The molecule has 0 spiro atoms. The SMILES string of the molecule is C#CC1(N[C@H](C)C2=C(C)N(C)C2C)COC1. The van der Waals surface area contributed by atoms with Gasteiger partial charge in [-0.15, -0.1) is 6.42 Å². The lowest BCUT2D eigenvalue weighted by molar-refractivity contribution is -0.0461. The van der Waals surface area contributed by atoms with E-state index in [1.54, 1.807) is 0 Å². The van der Waals surface area contributed by atoms with Crippen LogP contribution >= 0.6 is 0 Å². The molecule has 0 saturated carbocycles. The van der Waals surface area contributed by atoms with E-state index in [9.17, 15) is 0 Å². The Morgan fingerprint density at radius 3 is 2.62 bits per heavy atom. The molecule has 3 heteroatoms. The number of hydrogen-bond acceptors (Lipinski definition) is 3. The maximum absolute atomic E-state index is 5.55. The van der Waals surface area contributed by atoms with Crippen molar-refractivity contribution in [1.82, 2.24) is 10.2 Å². The van der Waals surface area contributed by atoms with Gasteiger partial charge in [0.25, 0.3) is 0 Å². The third kappa shape index (κ3) is 1.53. The van der Waals surface area contributed by atoms with Gasteiger partial charge in [0.1, 0.15) is 5.54 Å². The normalized spacial score (nSPS) is 29.2. The van der Waals surface area contributed by atoms with E-state index in [0.29, 0.717) is 25.3 Å². The smallest absolute Gasteiger partial charge is 0.127 e. The number of allylic oxidation sites excluding steroid dienone is 1. The standard InChI is InChI=1S/C13H20N2O/c1-6-13(7-16-8-13)14-9(2)12-10(3)15(5)11(12)4/h1,9-10,14H,7-8H2,2-5H3/t9-,10?/m1/s1. The zero-order chi connectivity index (χ0) is 11.9. The molecule has 1 fully saturated rings. The van der Waals surface area contributed by atoms with Crippen molar-refractivity contribution >= 4 is 0 Å². The van der Waals surface area contributed by atoms with Gasteiger partial charge in [-0.3, -0.25) is 5.32 Å². The monoisotopic (exact) mass is 220 g/mol. The number of ether oxygens (including phenoxy) is 1. The second kappa shape index (κ2) is 3.80. The van der Waals surface area contributed by atoms with E-state index in [1.165, 1.54) is 11.3 Å². The molecule has 0 aromatic heterocycles. The first-order valence-electron chi connectivity index (χ1n) is 5.77. The molecule has 0 bridgehead atoms. The van der Waals surface area contributed by atoms with Crippen LogP contribution in [0.3, 0.4) is 0 Å². The van der Waals surface area contributed by atoms with Gasteiger partial charge in [0.05, 0.1) is 19.3 Å². The van der Waals surface area contributed by atoms with Crippen molar-refractivity contribution in [1.29, 1.82) is 0 Å². The molecular formula is C13H20N2O. The highest BCUT2D eigenvalue weighted by Crippen LogP contribution is 2.32. The van der Waals surface area contributed by atoms with E-state index in [0.717, 1.165) is 0 Å². The molecule has 88 valence electrons. The van der Waals surface area contributed by atoms with Gasteiger partial charge in [-0.2, -0.15) is 0 Å². The molecule has 16 heavy (non-hydrogen) atoms. The van der Waals surface area contributed by atoms with E-state index in [2.05, 4.69) is 44.0 Å². The largest absolute Gasteiger partial charge is 0.375 e. The average molecular weight is 220 g/mol. The summed E-state index contributed by atoms with van der Waals surface area (Å²) in [5.74, 6) is 2.82. The van der Waals surface area contributed by atoms with Crippen molar-refractivity contribution in [2.45, 2.75) is 38.4 Å². The Morgan fingerprint density at radius 2 is 2.25 bits per heavy atom. The van der Waals surface area contributed by atoms with Gasteiger partial charge in [0.15, 0.2) is 0 Å². The average Bonchev–Trinajstić information content (AvgIpc) is 2.23. The Bertz CT molecular complexity index is 363. The van der Waals surface area contributed by atoms with Crippen LogP contribution in [0.4, 0.5) is 0 Å². The molecule has 1 saturated heterocycles. The second-order valence-electron chi connectivity index (χ2n) is 4.91. The summed E-state index contributed by atoms with van der Waals surface area (Å²) in [6.45, 7) is 7.82. The number of terminal acetylenes is 1. The predicted molar refractivity (Wildman–Crippen MR) is 64.9 cm³/mol. The van der Waals surface area contributed by atoms with Gasteiger partial charge < -0.3 is 9.64 Å². The van der Waals surface area contributed by atoms with Crippen LogP contribution in [0.1, 0.15) is 20.8 Å². The van der Waals surface area contributed by atoms with Crippen molar-refractivity contribution in [2.24, 2.45) is 0 Å². The van der Waals surface area contributed by atoms with Crippen molar-refractivity contribution in [3.05, 3.63) is 11.3 Å². The molecule has 0 amide bonds. The maximum atomic E-state index is 5.55. The molecule has 2 heterocycles. The van der Waals surface area contributed by atoms with Gasteiger partial charge in [0.2, 0.25) is 0 Å².